The van der Waals surface area contributed by atoms with Crippen molar-refractivity contribution in [2.75, 3.05) is 26.1 Å². The maximum absolute atomic E-state index is 12.4. The van der Waals surface area contributed by atoms with Gasteiger partial charge in [-0.25, -0.2) is 4.98 Å². The largest absolute Gasteiger partial charge is 0.495 e. The molecule has 26 heavy (non-hydrogen) atoms. The number of nitrogens with two attached hydrogens (primary N) is 1. The minimum absolute atomic E-state index is 0.155. The molecule has 3 aromatic rings. The SMILES string of the molecule is COc1ccccc1-n1c(NC(=O)CC(CN)OC)nc2ccccc21. The molecule has 7 nitrogen and oxygen atoms in total. The molecule has 7 heteroatoms. The average Bonchev–Trinajstić information content (AvgIpc) is 3.03. The Morgan fingerprint density at radius 3 is 2.65 bits per heavy atom. The Balaban J connectivity index is 2.04. The summed E-state index contributed by atoms with van der Waals surface area (Å²) in [5.41, 5.74) is 8.04. The summed E-state index contributed by atoms with van der Waals surface area (Å²) in [6.07, 6.45) is -0.179. The first-order chi connectivity index (χ1) is 12.7. The molecule has 1 aromatic heterocycles. The second-order valence-electron chi connectivity index (χ2n) is 5.78. The Bertz CT molecular complexity index is 903. The zero-order valence-corrected chi connectivity index (χ0v) is 14.8. The summed E-state index contributed by atoms with van der Waals surface area (Å²) >= 11 is 0. The Morgan fingerprint density at radius 1 is 1.19 bits per heavy atom. The van der Waals surface area contributed by atoms with Gasteiger partial charge in [0, 0.05) is 13.7 Å². The van der Waals surface area contributed by atoms with Crippen molar-refractivity contribution in [2.45, 2.75) is 12.5 Å². The molecule has 0 aliphatic rings. The minimum Gasteiger partial charge on any atom is -0.495 e. The fourth-order valence-electron chi connectivity index (χ4n) is 2.81. The van der Waals surface area contributed by atoms with E-state index in [1.807, 2.05) is 53.1 Å². The molecular formula is C19H22N4O3. The third-order valence-electron chi connectivity index (χ3n) is 4.15. The van der Waals surface area contributed by atoms with Gasteiger partial charge in [0.25, 0.3) is 0 Å². The number of aromatic nitrogens is 2. The van der Waals surface area contributed by atoms with E-state index in [4.69, 9.17) is 15.2 Å². The first-order valence-corrected chi connectivity index (χ1v) is 8.31. The van der Waals surface area contributed by atoms with Gasteiger partial charge in [-0.05, 0) is 24.3 Å². The molecule has 1 heterocycles. The molecule has 136 valence electrons. The highest BCUT2D eigenvalue weighted by Gasteiger charge is 2.19. The van der Waals surface area contributed by atoms with Crippen molar-refractivity contribution in [3.8, 4) is 11.4 Å². The van der Waals surface area contributed by atoms with Crippen LogP contribution in [0, 0.1) is 0 Å². The standard InChI is InChI=1S/C19H22N4O3/c1-25-13(12-20)11-18(24)22-19-21-14-7-3-4-8-15(14)23(19)16-9-5-6-10-17(16)26-2/h3-10,13H,11-12,20H2,1-2H3,(H,21,22,24). The molecule has 0 saturated heterocycles. The Morgan fingerprint density at radius 2 is 1.92 bits per heavy atom. The van der Waals surface area contributed by atoms with Crippen LogP contribution in [0.4, 0.5) is 5.95 Å². The van der Waals surface area contributed by atoms with E-state index in [-0.39, 0.29) is 25.0 Å². The number of amides is 1. The van der Waals surface area contributed by atoms with Crippen LogP contribution in [0.1, 0.15) is 6.42 Å². The van der Waals surface area contributed by atoms with Gasteiger partial charge in [0.05, 0.1) is 36.4 Å². The highest BCUT2D eigenvalue weighted by molar-refractivity contribution is 5.93. The van der Waals surface area contributed by atoms with Crippen LogP contribution in [0.25, 0.3) is 16.7 Å². The Hall–Kier alpha value is -2.90. The smallest absolute Gasteiger partial charge is 0.229 e. The second kappa shape index (κ2) is 7.99. The summed E-state index contributed by atoms with van der Waals surface area (Å²) in [6.45, 7) is 0.271. The number of anilines is 1. The average molecular weight is 354 g/mol. The molecule has 1 atom stereocenters. The van der Waals surface area contributed by atoms with Crippen LogP contribution >= 0.6 is 0 Å². The lowest BCUT2D eigenvalue weighted by Gasteiger charge is -2.15. The zero-order valence-electron chi connectivity index (χ0n) is 14.8. The van der Waals surface area contributed by atoms with Crippen LogP contribution in [0.15, 0.2) is 48.5 Å². The summed E-state index contributed by atoms with van der Waals surface area (Å²) in [7, 11) is 3.15. The molecule has 2 aromatic carbocycles. The molecule has 0 fully saturated rings. The lowest BCUT2D eigenvalue weighted by Crippen LogP contribution is -2.28. The number of carbonyl (C=O) groups excluding carboxylic acids is 1. The first kappa shape index (κ1) is 17.9. The van der Waals surface area contributed by atoms with Crippen molar-refractivity contribution in [3.63, 3.8) is 0 Å². The fraction of sp³-hybridized carbons (Fsp3) is 0.263. The number of fused-ring (bicyclic) bond motifs is 1. The van der Waals surface area contributed by atoms with Crippen molar-refractivity contribution in [2.24, 2.45) is 5.73 Å². The van der Waals surface area contributed by atoms with E-state index in [9.17, 15) is 4.79 Å². The van der Waals surface area contributed by atoms with Gasteiger partial charge in [0.15, 0.2) is 0 Å². The molecule has 0 aliphatic carbocycles. The number of benzene rings is 2. The van der Waals surface area contributed by atoms with Gasteiger partial charge >= 0.3 is 0 Å². The molecule has 3 N–H and O–H groups in total. The van der Waals surface area contributed by atoms with Gasteiger partial charge in [-0.2, -0.15) is 0 Å². The van der Waals surface area contributed by atoms with Gasteiger partial charge in [0.2, 0.25) is 11.9 Å². The van der Waals surface area contributed by atoms with Crippen LogP contribution in [0.2, 0.25) is 0 Å². The van der Waals surface area contributed by atoms with Crippen molar-refractivity contribution < 1.29 is 14.3 Å². The minimum atomic E-state index is -0.334. The van der Waals surface area contributed by atoms with Crippen LogP contribution in [-0.2, 0) is 9.53 Å². The van der Waals surface area contributed by atoms with Crippen LogP contribution in [0.5, 0.6) is 5.75 Å². The van der Waals surface area contributed by atoms with Gasteiger partial charge in [-0.3, -0.25) is 14.7 Å². The summed E-state index contributed by atoms with van der Waals surface area (Å²) in [5.74, 6) is 0.893. The fourth-order valence-corrected chi connectivity index (χ4v) is 2.81. The van der Waals surface area contributed by atoms with Crippen molar-refractivity contribution >= 4 is 22.9 Å². The summed E-state index contributed by atoms with van der Waals surface area (Å²) in [6, 6.07) is 15.3. The molecule has 0 radical (unpaired) electrons. The summed E-state index contributed by atoms with van der Waals surface area (Å²) in [5, 5.41) is 2.87. The number of ether oxygens (including phenoxy) is 2. The summed E-state index contributed by atoms with van der Waals surface area (Å²) in [4.78, 5) is 17.0. The topological polar surface area (TPSA) is 91.4 Å². The molecule has 0 aliphatic heterocycles. The first-order valence-electron chi connectivity index (χ1n) is 8.31. The predicted molar refractivity (Wildman–Crippen MR) is 101 cm³/mol. The van der Waals surface area contributed by atoms with E-state index in [0.29, 0.717) is 11.7 Å². The third kappa shape index (κ3) is 3.54. The molecule has 0 spiro atoms. The Kier molecular flexibility index (Phi) is 5.50. The normalized spacial score (nSPS) is 12.1. The maximum Gasteiger partial charge on any atom is 0.229 e. The van der Waals surface area contributed by atoms with Crippen LogP contribution < -0.4 is 15.8 Å². The second-order valence-corrected chi connectivity index (χ2v) is 5.78. The van der Waals surface area contributed by atoms with Gasteiger partial charge in [-0.1, -0.05) is 24.3 Å². The molecule has 3 rings (SSSR count). The lowest BCUT2D eigenvalue weighted by atomic mass is 10.2. The zero-order chi connectivity index (χ0) is 18.5. The molecule has 1 unspecified atom stereocenters. The van der Waals surface area contributed by atoms with Crippen molar-refractivity contribution in [1.29, 1.82) is 0 Å². The number of nitrogens with one attached hydrogen (secondary N) is 1. The van der Waals surface area contributed by atoms with E-state index in [1.165, 1.54) is 7.11 Å². The third-order valence-corrected chi connectivity index (χ3v) is 4.15. The number of methoxy groups -OCH3 is 2. The number of hydrogen-bond acceptors (Lipinski definition) is 5. The number of carbonyl (C=O) groups is 1. The highest BCUT2D eigenvalue weighted by Crippen LogP contribution is 2.30. The molecular weight excluding hydrogens is 332 g/mol. The molecule has 1 amide bonds. The van der Waals surface area contributed by atoms with Crippen molar-refractivity contribution in [1.82, 2.24) is 9.55 Å². The number of rotatable bonds is 7. The quantitative estimate of drug-likeness (QED) is 0.679. The highest BCUT2D eigenvalue weighted by atomic mass is 16.5. The number of hydrogen-bond donors (Lipinski definition) is 2. The maximum atomic E-state index is 12.4. The van der Waals surface area contributed by atoms with Gasteiger partial charge in [-0.15, -0.1) is 0 Å². The Labute approximate surface area is 151 Å². The van der Waals surface area contributed by atoms with Gasteiger partial charge < -0.3 is 15.2 Å². The van der Waals surface area contributed by atoms with E-state index in [1.54, 1.807) is 7.11 Å². The summed E-state index contributed by atoms with van der Waals surface area (Å²) < 4.78 is 12.5. The van der Waals surface area contributed by atoms with Crippen molar-refractivity contribution in [3.05, 3.63) is 48.5 Å². The molecule has 0 bridgehead atoms. The number of imidazole rings is 1. The lowest BCUT2D eigenvalue weighted by molar-refractivity contribution is -0.118. The van der Waals surface area contributed by atoms with E-state index >= 15 is 0 Å². The van der Waals surface area contributed by atoms with Crippen LogP contribution in [0.3, 0.4) is 0 Å². The number of para-hydroxylation sites is 4. The predicted octanol–water partition coefficient (Wildman–Crippen LogP) is 2.34. The van der Waals surface area contributed by atoms with E-state index in [0.717, 1.165) is 16.7 Å². The van der Waals surface area contributed by atoms with Gasteiger partial charge in [0.1, 0.15) is 5.75 Å². The van der Waals surface area contributed by atoms with Crippen LogP contribution in [-0.4, -0.2) is 42.3 Å². The van der Waals surface area contributed by atoms with E-state index < -0.39 is 0 Å². The number of nitrogens with zero attached hydrogens (tertiary/aromatic N) is 2. The monoisotopic (exact) mass is 354 g/mol. The molecule has 0 saturated carbocycles. The van der Waals surface area contributed by atoms with E-state index in [2.05, 4.69) is 10.3 Å².